The summed E-state index contributed by atoms with van der Waals surface area (Å²) in [5.41, 5.74) is 0.867. The standard InChI is InChI=1S/C15H27ClN4O2S/c1-3-13-14(16)15(19-12-18-13)17-10-8-6-4-5-7-9-11-20-23(2,21)22/h12,20H,3-11H2,1-2H3,(H,17,18,19). The molecule has 2 N–H and O–H groups in total. The molecule has 0 aliphatic rings. The highest BCUT2D eigenvalue weighted by Gasteiger charge is 2.06. The molecule has 1 rings (SSSR count). The van der Waals surface area contributed by atoms with Gasteiger partial charge in [0.05, 0.1) is 11.9 Å². The van der Waals surface area contributed by atoms with Crippen LogP contribution >= 0.6 is 11.6 Å². The third kappa shape index (κ3) is 9.07. The zero-order valence-electron chi connectivity index (χ0n) is 13.9. The first-order valence-corrected chi connectivity index (χ1v) is 10.4. The second kappa shape index (κ2) is 10.8. The molecule has 1 heterocycles. The van der Waals surface area contributed by atoms with Crippen LogP contribution in [0.5, 0.6) is 0 Å². The van der Waals surface area contributed by atoms with Crippen molar-refractivity contribution in [2.24, 2.45) is 0 Å². The Morgan fingerprint density at radius 3 is 2.26 bits per heavy atom. The van der Waals surface area contributed by atoms with Crippen LogP contribution < -0.4 is 10.0 Å². The third-order valence-corrected chi connectivity index (χ3v) is 4.58. The van der Waals surface area contributed by atoms with Gasteiger partial charge in [-0.05, 0) is 19.3 Å². The smallest absolute Gasteiger partial charge is 0.208 e. The highest BCUT2D eigenvalue weighted by molar-refractivity contribution is 7.88. The topological polar surface area (TPSA) is 84.0 Å². The number of aryl methyl sites for hydroxylation is 1. The first-order valence-electron chi connectivity index (χ1n) is 8.12. The normalized spacial score (nSPS) is 11.6. The van der Waals surface area contributed by atoms with Crippen LogP contribution in [-0.2, 0) is 16.4 Å². The Balaban J connectivity index is 2.04. The zero-order valence-corrected chi connectivity index (χ0v) is 15.5. The number of nitrogens with one attached hydrogen (secondary N) is 2. The van der Waals surface area contributed by atoms with E-state index in [0.29, 0.717) is 17.4 Å². The van der Waals surface area contributed by atoms with Crippen molar-refractivity contribution < 1.29 is 8.42 Å². The van der Waals surface area contributed by atoms with E-state index in [1.54, 1.807) is 0 Å². The Bertz CT molecular complexity index is 567. The summed E-state index contributed by atoms with van der Waals surface area (Å²) in [6.45, 7) is 3.39. The molecule has 0 amide bonds. The summed E-state index contributed by atoms with van der Waals surface area (Å²) in [5, 5.41) is 3.87. The molecular formula is C15H27ClN4O2S. The quantitative estimate of drug-likeness (QED) is 0.558. The van der Waals surface area contributed by atoms with E-state index < -0.39 is 10.0 Å². The molecule has 0 aliphatic heterocycles. The Labute approximate surface area is 144 Å². The Hall–Kier alpha value is -0.920. The maximum Gasteiger partial charge on any atom is 0.208 e. The number of anilines is 1. The van der Waals surface area contributed by atoms with Crippen molar-refractivity contribution in [2.45, 2.75) is 51.9 Å². The average Bonchev–Trinajstić information content (AvgIpc) is 2.49. The van der Waals surface area contributed by atoms with Gasteiger partial charge in [-0.25, -0.2) is 23.1 Å². The molecule has 23 heavy (non-hydrogen) atoms. The van der Waals surface area contributed by atoms with Gasteiger partial charge in [-0.15, -0.1) is 0 Å². The van der Waals surface area contributed by atoms with E-state index in [-0.39, 0.29) is 0 Å². The highest BCUT2D eigenvalue weighted by atomic mass is 35.5. The van der Waals surface area contributed by atoms with E-state index in [4.69, 9.17) is 11.6 Å². The van der Waals surface area contributed by atoms with Gasteiger partial charge in [0.1, 0.15) is 17.2 Å². The number of aromatic nitrogens is 2. The molecule has 8 heteroatoms. The minimum absolute atomic E-state index is 0.534. The number of hydrogen-bond acceptors (Lipinski definition) is 5. The van der Waals surface area contributed by atoms with Crippen LogP contribution in [0, 0.1) is 0 Å². The number of hydrogen-bond donors (Lipinski definition) is 2. The molecular weight excluding hydrogens is 336 g/mol. The molecule has 0 unspecified atom stereocenters. The van der Waals surface area contributed by atoms with Crippen LogP contribution in [0.15, 0.2) is 6.33 Å². The van der Waals surface area contributed by atoms with Crippen molar-refractivity contribution in [1.82, 2.24) is 14.7 Å². The lowest BCUT2D eigenvalue weighted by molar-refractivity contribution is 0.571. The first kappa shape index (κ1) is 20.1. The van der Waals surface area contributed by atoms with E-state index in [1.165, 1.54) is 12.6 Å². The fourth-order valence-electron chi connectivity index (χ4n) is 2.20. The summed E-state index contributed by atoms with van der Waals surface area (Å²) in [4.78, 5) is 8.30. The van der Waals surface area contributed by atoms with Crippen LogP contribution in [0.4, 0.5) is 5.82 Å². The van der Waals surface area contributed by atoms with Gasteiger partial charge in [-0.2, -0.15) is 0 Å². The molecule has 0 fully saturated rings. The molecule has 0 spiro atoms. The number of rotatable bonds is 12. The SMILES string of the molecule is CCc1ncnc(NCCCCCCCCNS(C)(=O)=O)c1Cl. The Kier molecular flexibility index (Phi) is 9.43. The Morgan fingerprint density at radius 1 is 1.04 bits per heavy atom. The van der Waals surface area contributed by atoms with Gasteiger partial charge in [0.15, 0.2) is 0 Å². The van der Waals surface area contributed by atoms with Crippen LogP contribution in [0.3, 0.4) is 0 Å². The van der Waals surface area contributed by atoms with Crippen molar-refractivity contribution in [3.05, 3.63) is 17.0 Å². The van der Waals surface area contributed by atoms with Crippen molar-refractivity contribution in [3.8, 4) is 0 Å². The lowest BCUT2D eigenvalue weighted by atomic mass is 10.1. The maximum atomic E-state index is 10.9. The van der Waals surface area contributed by atoms with E-state index >= 15 is 0 Å². The van der Waals surface area contributed by atoms with Crippen LogP contribution in [-0.4, -0.2) is 37.7 Å². The summed E-state index contributed by atoms with van der Waals surface area (Å²) in [6, 6.07) is 0. The second-order valence-electron chi connectivity index (χ2n) is 5.55. The summed E-state index contributed by atoms with van der Waals surface area (Å²) in [5.74, 6) is 0.713. The number of sulfonamides is 1. The van der Waals surface area contributed by atoms with E-state index in [2.05, 4.69) is 20.0 Å². The molecule has 1 aromatic rings. The summed E-state index contributed by atoms with van der Waals surface area (Å²) in [6.07, 6.45) is 9.93. The summed E-state index contributed by atoms with van der Waals surface area (Å²) < 4.78 is 24.3. The van der Waals surface area contributed by atoms with Gasteiger partial charge in [0, 0.05) is 13.1 Å². The first-order chi connectivity index (χ1) is 10.9. The van der Waals surface area contributed by atoms with Crippen molar-refractivity contribution in [1.29, 1.82) is 0 Å². The van der Waals surface area contributed by atoms with Crippen LogP contribution in [0.1, 0.15) is 51.1 Å². The van der Waals surface area contributed by atoms with Gasteiger partial charge in [0.25, 0.3) is 0 Å². The fraction of sp³-hybridized carbons (Fsp3) is 0.733. The van der Waals surface area contributed by atoms with Crippen molar-refractivity contribution >= 4 is 27.4 Å². The van der Waals surface area contributed by atoms with Crippen LogP contribution in [0.2, 0.25) is 5.02 Å². The van der Waals surface area contributed by atoms with Gasteiger partial charge in [-0.1, -0.05) is 44.2 Å². The molecule has 0 saturated carbocycles. The number of halogens is 1. The van der Waals surface area contributed by atoms with Gasteiger partial charge in [-0.3, -0.25) is 0 Å². The maximum absolute atomic E-state index is 10.9. The second-order valence-corrected chi connectivity index (χ2v) is 7.76. The highest BCUT2D eigenvalue weighted by Crippen LogP contribution is 2.21. The minimum atomic E-state index is -3.04. The number of nitrogens with zero attached hydrogens (tertiary/aromatic N) is 2. The van der Waals surface area contributed by atoms with Gasteiger partial charge < -0.3 is 5.32 Å². The number of unbranched alkanes of at least 4 members (excludes halogenated alkanes) is 5. The summed E-state index contributed by atoms with van der Waals surface area (Å²) >= 11 is 6.22. The molecule has 0 bridgehead atoms. The molecule has 6 nitrogen and oxygen atoms in total. The predicted octanol–water partition coefficient (Wildman–Crippen LogP) is 2.99. The molecule has 0 saturated heterocycles. The molecule has 0 radical (unpaired) electrons. The summed E-state index contributed by atoms with van der Waals surface area (Å²) in [7, 11) is -3.04. The molecule has 132 valence electrons. The van der Waals surface area contributed by atoms with E-state index in [1.807, 2.05) is 6.92 Å². The molecule has 1 aromatic heterocycles. The van der Waals surface area contributed by atoms with Crippen LogP contribution in [0.25, 0.3) is 0 Å². The van der Waals surface area contributed by atoms with E-state index in [0.717, 1.165) is 57.2 Å². The van der Waals surface area contributed by atoms with E-state index in [9.17, 15) is 8.42 Å². The predicted molar refractivity (Wildman–Crippen MR) is 95.5 cm³/mol. The van der Waals surface area contributed by atoms with Crippen molar-refractivity contribution in [2.75, 3.05) is 24.7 Å². The molecule has 0 atom stereocenters. The van der Waals surface area contributed by atoms with Gasteiger partial charge >= 0.3 is 0 Å². The minimum Gasteiger partial charge on any atom is -0.369 e. The average molecular weight is 363 g/mol. The zero-order chi connectivity index (χ0) is 17.1. The largest absolute Gasteiger partial charge is 0.369 e. The monoisotopic (exact) mass is 362 g/mol. The molecule has 0 aromatic carbocycles. The fourth-order valence-corrected chi connectivity index (χ4v) is 3.01. The van der Waals surface area contributed by atoms with Gasteiger partial charge in [0.2, 0.25) is 10.0 Å². The third-order valence-electron chi connectivity index (χ3n) is 3.46. The lowest BCUT2D eigenvalue weighted by Crippen LogP contribution is -2.22. The van der Waals surface area contributed by atoms with Crippen molar-refractivity contribution in [3.63, 3.8) is 0 Å². The molecule has 0 aliphatic carbocycles. The Morgan fingerprint density at radius 2 is 1.65 bits per heavy atom. The lowest BCUT2D eigenvalue weighted by Gasteiger charge is -2.09.